The lowest BCUT2D eigenvalue weighted by Gasteiger charge is -2.39. The van der Waals surface area contributed by atoms with E-state index in [1.807, 2.05) is 0 Å². The Morgan fingerprint density at radius 2 is 1.80 bits per heavy atom. The molecule has 1 heterocycles. The fourth-order valence-electron chi connectivity index (χ4n) is 3.03. The second-order valence-corrected chi connectivity index (χ2v) is 8.79. The first kappa shape index (κ1) is 22.1. The topological polar surface area (TPSA) is 142 Å². The summed E-state index contributed by atoms with van der Waals surface area (Å²) in [5.41, 5.74) is -2.56. The minimum Gasteiger partial charge on any atom is -0.497 e. The summed E-state index contributed by atoms with van der Waals surface area (Å²) in [6.45, 7) is 0. The van der Waals surface area contributed by atoms with Gasteiger partial charge in [0.25, 0.3) is 11.8 Å². The average molecular weight is 450 g/mol. The molecule has 2 aliphatic rings. The molecule has 1 atom stereocenters. The Hall–Kier alpha value is -2.64. The molecular weight excluding hydrogens is 433 g/mol. The van der Waals surface area contributed by atoms with E-state index in [0.29, 0.717) is 0 Å². The van der Waals surface area contributed by atoms with Crippen LogP contribution in [-0.2, 0) is 19.6 Å². The standard InChI is InChI=1S/C17H17F3N2O7S/c1-29-9-4-2-8(3-5-9)12-11(14(24)22-30(27,28)10-6-7-10)13(23)21-15(16(12,25)26)17(18,19)20/h2-5,10,15,25-26H,6-7H2,1H3,(H,21,23)(H,22,24). The van der Waals surface area contributed by atoms with Crippen LogP contribution in [-0.4, -0.2) is 60.8 Å². The van der Waals surface area contributed by atoms with Crippen LogP contribution in [0.15, 0.2) is 29.8 Å². The SMILES string of the molecule is COc1ccc(C2=C(C(=O)NS(=O)(=O)C3CC3)C(=O)NC(C(F)(F)F)C2(O)O)cc1. The van der Waals surface area contributed by atoms with Crippen LogP contribution in [0.1, 0.15) is 18.4 Å². The van der Waals surface area contributed by atoms with Gasteiger partial charge < -0.3 is 20.3 Å². The maximum Gasteiger partial charge on any atom is 0.414 e. The number of sulfonamides is 1. The number of rotatable bonds is 5. The van der Waals surface area contributed by atoms with Crippen molar-refractivity contribution >= 4 is 27.4 Å². The second kappa shape index (κ2) is 7.25. The molecule has 164 valence electrons. The number of carbonyl (C=O) groups is 2. The molecule has 1 aromatic carbocycles. The van der Waals surface area contributed by atoms with Crippen LogP contribution in [0.25, 0.3) is 5.57 Å². The zero-order valence-electron chi connectivity index (χ0n) is 15.4. The summed E-state index contributed by atoms with van der Waals surface area (Å²) in [5, 5.41) is 21.2. The zero-order valence-corrected chi connectivity index (χ0v) is 16.2. The average Bonchev–Trinajstić information content (AvgIpc) is 3.47. The van der Waals surface area contributed by atoms with Crippen LogP contribution in [0.4, 0.5) is 13.2 Å². The third kappa shape index (κ3) is 4.00. The van der Waals surface area contributed by atoms with Crippen molar-refractivity contribution in [3.05, 3.63) is 35.4 Å². The van der Waals surface area contributed by atoms with E-state index in [-0.39, 0.29) is 24.2 Å². The number of halogens is 3. The number of amides is 2. The number of ether oxygens (including phenoxy) is 1. The normalized spacial score (nSPS) is 21.8. The molecule has 1 aliphatic carbocycles. The third-order valence-corrected chi connectivity index (χ3v) is 6.47. The van der Waals surface area contributed by atoms with E-state index in [1.54, 1.807) is 4.72 Å². The van der Waals surface area contributed by atoms with Crippen molar-refractivity contribution in [3.8, 4) is 5.75 Å². The van der Waals surface area contributed by atoms with Gasteiger partial charge in [0, 0.05) is 5.57 Å². The lowest BCUT2D eigenvalue weighted by molar-refractivity contribution is -0.244. The molecule has 1 aliphatic heterocycles. The van der Waals surface area contributed by atoms with Gasteiger partial charge in [-0.25, -0.2) is 13.1 Å². The van der Waals surface area contributed by atoms with Gasteiger partial charge in [-0.3, -0.25) is 9.59 Å². The molecule has 1 saturated carbocycles. The predicted octanol–water partition coefficient (Wildman–Crippen LogP) is -0.201. The van der Waals surface area contributed by atoms with Gasteiger partial charge in [-0.15, -0.1) is 0 Å². The maximum absolute atomic E-state index is 13.4. The molecule has 4 N–H and O–H groups in total. The Balaban J connectivity index is 2.18. The molecule has 2 amide bonds. The van der Waals surface area contributed by atoms with Crippen LogP contribution >= 0.6 is 0 Å². The van der Waals surface area contributed by atoms with Crippen molar-refractivity contribution in [2.24, 2.45) is 0 Å². The lowest BCUT2D eigenvalue weighted by atomic mass is 9.83. The lowest BCUT2D eigenvalue weighted by Crippen LogP contribution is -2.65. The van der Waals surface area contributed by atoms with E-state index in [9.17, 15) is 41.4 Å². The first-order valence-corrected chi connectivity index (χ1v) is 10.1. The summed E-state index contributed by atoms with van der Waals surface area (Å²) >= 11 is 0. The monoisotopic (exact) mass is 450 g/mol. The molecule has 30 heavy (non-hydrogen) atoms. The van der Waals surface area contributed by atoms with Gasteiger partial charge in [-0.1, -0.05) is 12.1 Å². The molecule has 1 fully saturated rings. The van der Waals surface area contributed by atoms with E-state index >= 15 is 0 Å². The molecule has 0 spiro atoms. The number of alkyl halides is 3. The fraction of sp³-hybridized carbons (Fsp3) is 0.412. The minimum absolute atomic E-state index is 0.260. The molecule has 1 unspecified atom stereocenters. The van der Waals surface area contributed by atoms with E-state index in [0.717, 1.165) is 12.1 Å². The van der Waals surface area contributed by atoms with Crippen LogP contribution in [0.3, 0.4) is 0 Å². The van der Waals surface area contributed by atoms with Crippen LogP contribution in [0.2, 0.25) is 0 Å². The number of aliphatic hydroxyl groups is 2. The quantitative estimate of drug-likeness (QED) is 0.360. The summed E-state index contributed by atoms with van der Waals surface area (Å²) < 4.78 is 70.7. The molecule has 0 saturated heterocycles. The van der Waals surface area contributed by atoms with Gasteiger partial charge in [0.1, 0.15) is 11.3 Å². The highest BCUT2D eigenvalue weighted by Crippen LogP contribution is 2.41. The molecule has 13 heteroatoms. The first-order chi connectivity index (χ1) is 13.8. The number of hydrogen-bond donors (Lipinski definition) is 4. The minimum atomic E-state index is -5.29. The predicted molar refractivity (Wildman–Crippen MR) is 95.2 cm³/mol. The Morgan fingerprint density at radius 3 is 2.27 bits per heavy atom. The molecule has 0 radical (unpaired) electrons. The van der Waals surface area contributed by atoms with E-state index in [1.165, 1.54) is 24.6 Å². The summed E-state index contributed by atoms with van der Waals surface area (Å²) in [5.74, 6) is -6.68. The molecule has 9 nitrogen and oxygen atoms in total. The number of carbonyl (C=O) groups excluding carboxylic acids is 2. The summed E-state index contributed by atoms with van der Waals surface area (Å²) in [6, 6.07) is 1.55. The molecule has 1 aromatic rings. The second-order valence-electron chi connectivity index (χ2n) is 6.83. The first-order valence-electron chi connectivity index (χ1n) is 8.56. The van der Waals surface area contributed by atoms with Gasteiger partial charge in [0.2, 0.25) is 15.8 Å². The van der Waals surface area contributed by atoms with Crippen molar-refractivity contribution < 1.29 is 46.1 Å². The number of nitrogens with one attached hydrogen (secondary N) is 2. The molecule has 3 rings (SSSR count). The summed E-state index contributed by atoms with van der Waals surface area (Å²) in [6.07, 6.45) is -4.74. The maximum atomic E-state index is 13.4. The van der Waals surface area contributed by atoms with Crippen molar-refractivity contribution in [1.82, 2.24) is 10.0 Å². The fourth-order valence-corrected chi connectivity index (χ4v) is 4.31. The Labute approximate surface area is 168 Å². The van der Waals surface area contributed by atoms with Crippen molar-refractivity contribution in [1.29, 1.82) is 0 Å². The van der Waals surface area contributed by atoms with Crippen molar-refractivity contribution in [2.75, 3.05) is 7.11 Å². The van der Waals surface area contributed by atoms with Crippen molar-refractivity contribution in [2.45, 2.75) is 36.1 Å². The zero-order chi connectivity index (χ0) is 22.5. The van der Waals surface area contributed by atoms with E-state index in [4.69, 9.17) is 4.74 Å². The van der Waals surface area contributed by atoms with Gasteiger partial charge >= 0.3 is 6.18 Å². The van der Waals surface area contributed by atoms with E-state index in [2.05, 4.69) is 0 Å². The number of methoxy groups -OCH3 is 1. The summed E-state index contributed by atoms with van der Waals surface area (Å²) in [4.78, 5) is 25.0. The smallest absolute Gasteiger partial charge is 0.414 e. The Morgan fingerprint density at radius 1 is 1.23 bits per heavy atom. The highest BCUT2D eigenvalue weighted by Gasteiger charge is 2.60. The number of benzene rings is 1. The van der Waals surface area contributed by atoms with Crippen LogP contribution < -0.4 is 14.8 Å². The Kier molecular flexibility index (Phi) is 5.33. The Bertz CT molecular complexity index is 1010. The number of hydrogen-bond acceptors (Lipinski definition) is 7. The highest BCUT2D eigenvalue weighted by atomic mass is 32.2. The van der Waals surface area contributed by atoms with Crippen molar-refractivity contribution in [3.63, 3.8) is 0 Å². The molecule has 0 bridgehead atoms. The van der Waals surface area contributed by atoms with Crippen LogP contribution in [0, 0.1) is 0 Å². The van der Waals surface area contributed by atoms with Gasteiger partial charge in [-0.05, 0) is 30.5 Å². The summed E-state index contributed by atoms with van der Waals surface area (Å²) in [7, 11) is -2.86. The van der Waals surface area contributed by atoms with Gasteiger partial charge in [0.05, 0.1) is 12.4 Å². The van der Waals surface area contributed by atoms with Crippen LogP contribution in [0.5, 0.6) is 5.75 Å². The highest BCUT2D eigenvalue weighted by molar-refractivity contribution is 7.91. The third-order valence-electron chi connectivity index (χ3n) is 4.65. The van der Waals surface area contributed by atoms with E-state index < -0.39 is 56.2 Å². The van der Waals surface area contributed by atoms with Gasteiger partial charge in [-0.2, -0.15) is 13.2 Å². The molecular formula is C17H17F3N2O7S. The largest absolute Gasteiger partial charge is 0.497 e. The van der Waals surface area contributed by atoms with Gasteiger partial charge in [0.15, 0.2) is 6.04 Å². The molecule has 0 aromatic heterocycles.